The quantitative estimate of drug-likeness (QED) is 0.461. The topological polar surface area (TPSA) is 24.7 Å². The standard InChI is InChI=1S/C9H13N2.K.Y/c1-4-8-6-10-9(5-2)11-7(8)3;;/h6,8H,1,3-5H2,2H3;;/q-3;+1;. The molecular formula is C9H13KN2Y-2. The van der Waals surface area contributed by atoms with Gasteiger partial charge in [-0.3, -0.25) is 0 Å². The first-order chi connectivity index (χ1) is 5.27. The van der Waals surface area contributed by atoms with Crippen LogP contribution in [0.2, 0.25) is 0 Å². The van der Waals surface area contributed by atoms with E-state index >= 15 is 0 Å². The van der Waals surface area contributed by atoms with E-state index < -0.39 is 0 Å². The van der Waals surface area contributed by atoms with Crippen LogP contribution in [0.5, 0.6) is 0 Å². The van der Waals surface area contributed by atoms with Crippen molar-refractivity contribution in [1.82, 2.24) is 0 Å². The molecule has 1 atom stereocenters. The second kappa shape index (κ2) is 9.08. The largest absolute Gasteiger partial charge is 1.00 e. The van der Waals surface area contributed by atoms with E-state index in [1.807, 2.05) is 13.5 Å². The summed E-state index contributed by atoms with van der Waals surface area (Å²) in [4.78, 5) is 8.41. The van der Waals surface area contributed by atoms with Gasteiger partial charge in [0.1, 0.15) is 0 Å². The van der Waals surface area contributed by atoms with E-state index in [-0.39, 0.29) is 90.0 Å². The Morgan fingerprint density at radius 1 is 1.54 bits per heavy atom. The van der Waals surface area contributed by atoms with Crippen LogP contribution in [0, 0.1) is 26.3 Å². The van der Waals surface area contributed by atoms with Crippen LogP contribution < -0.4 is 51.4 Å². The fraction of sp³-hybridized carbons (Fsp3) is 0.444. The first kappa shape index (κ1) is 17.2. The third-order valence-corrected chi connectivity index (χ3v) is 1.73. The van der Waals surface area contributed by atoms with Crippen LogP contribution in [0.25, 0.3) is 0 Å². The minimum Gasteiger partial charge on any atom is -0.433 e. The Labute approximate surface area is 149 Å². The molecule has 0 amide bonds. The van der Waals surface area contributed by atoms with Gasteiger partial charge in [0.05, 0.1) is 0 Å². The fourth-order valence-electron chi connectivity index (χ4n) is 0.951. The molecule has 13 heavy (non-hydrogen) atoms. The predicted octanol–water partition coefficient (Wildman–Crippen LogP) is -0.913. The van der Waals surface area contributed by atoms with E-state index in [4.69, 9.17) is 0 Å². The maximum absolute atomic E-state index is 4.24. The van der Waals surface area contributed by atoms with Gasteiger partial charge in [-0.2, -0.15) is 12.1 Å². The van der Waals surface area contributed by atoms with Crippen molar-refractivity contribution in [1.29, 1.82) is 0 Å². The van der Waals surface area contributed by atoms with Crippen molar-refractivity contribution < 1.29 is 84.1 Å². The van der Waals surface area contributed by atoms with Crippen LogP contribution in [0.15, 0.2) is 9.98 Å². The summed E-state index contributed by atoms with van der Waals surface area (Å²) in [5, 5.41) is 0. The van der Waals surface area contributed by atoms with Crippen LogP contribution in [0.1, 0.15) is 19.8 Å². The van der Waals surface area contributed by atoms with Crippen molar-refractivity contribution in [3.05, 3.63) is 20.4 Å². The monoisotopic (exact) mass is 277 g/mol. The summed E-state index contributed by atoms with van der Waals surface area (Å²) in [7, 11) is 0. The molecule has 0 aromatic carbocycles. The average Bonchev–Trinajstić information content (AvgIpc) is 2.04. The van der Waals surface area contributed by atoms with E-state index in [1.165, 1.54) is 0 Å². The molecule has 0 saturated carbocycles. The molecule has 0 bridgehead atoms. The van der Waals surface area contributed by atoms with Gasteiger partial charge in [-0.1, -0.05) is 19.3 Å². The van der Waals surface area contributed by atoms with Crippen molar-refractivity contribution in [2.24, 2.45) is 15.9 Å². The normalized spacial score (nSPS) is 20.0. The van der Waals surface area contributed by atoms with Crippen molar-refractivity contribution >= 4 is 11.5 Å². The number of aliphatic imine (C=N–C) groups is 2. The summed E-state index contributed by atoms with van der Waals surface area (Å²) < 4.78 is 0. The van der Waals surface area contributed by atoms with Crippen molar-refractivity contribution in [3.63, 3.8) is 0 Å². The maximum Gasteiger partial charge on any atom is 1.00 e. The molecule has 0 aromatic rings. The second-order valence-corrected chi connectivity index (χ2v) is 2.55. The van der Waals surface area contributed by atoms with Gasteiger partial charge < -0.3 is 23.8 Å². The minimum absolute atomic E-state index is 0. The van der Waals surface area contributed by atoms with Crippen LogP contribution in [-0.4, -0.2) is 11.5 Å². The first-order valence-corrected chi connectivity index (χ1v) is 3.87. The molecule has 1 unspecified atom stereocenters. The molecule has 0 aromatic heterocycles. The Bertz CT molecular complexity index is 202. The van der Waals surface area contributed by atoms with Gasteiger partial charge in [0.25, 0.3) is 0 Å². The molecule has 1 aliphatic heterocycles. The molecule has 1 rings (SSSR count). The van der Waals surface area contributed by atoms with Crippen molar-refractivity contribution in [2.45, 2.75) is 19.8 Å². The molecule has 0 spiro atoms. The number of amidine groups is 1. The van der Waals surface area contributed by atoms with E-state index in [9.17, 15) is 0 Å². The Morgan fingerprint density at radius 2 is 2.15 bits per heavy atom. The molecule has 2 nitrogen and oxygen atoms in total. The SMILES string of the molecule is [CH2-]CC1[CH-]N=C(CC)N=C1[CH2-].[K+].[Y]. The van der Waals surface area contributed by atoms with Gasteiger partial charge in [-0.05, 0) is 5.84 Å². The van der Waals surface area contributed by atoms with Gasteiger partial charge >= 0.3 is 51.4 Å². The molecule has 4 heteroatoms. The molecule has 1 heterocycles. The van der Waals surface area contributed by atoms with Gasteiger partial charge in [0.15, 0.2) is 0 Å². The number of rotatable bonds is 2. The molecular weight excluding hydrogens is 264 g/mol. The van der Waals surface area contributed by atoms with E-state index in [0.29, 0.717) is 0 Å². The molecule has 0 aliphatic carbocycles. The van der Waals surface area contributed by atoms with Gasteiger partial charge in [0, 0.05) is 32.7 Å². The van der Waals surface area contributed by atoms with Crippen LogP contribution in [0.3, 0.4) is 0 Å². The predicted molar refractivity (Wildman–Crippen MR) is 48.3 cm³/mol. The third-order valence-electron chi connectivity index (χ3n) is 1.73. The Balaban J connectivity index is 0. The zero-order chi connectivity index (χ0) is 8.27. The molecule has 0 N–H and O–H groups in total. The zero-order valence-corrected chi connectivity index (χ0v) is 14.4. The minimum atomic E-state index is 0. The summed E-state index contributed by atoms with van der Waals surface area (Å²) in [6.45, 7) is 11.6. The summed E-state index contributed by atoms with van der Waals surface area (Å²) >= 11 is 0. The Kier molecular flexibility index (Phi) is 12.0. The number of nitrogens with zero attached hydrogens (tertiary/aromatic N) is 2. The van der Waals surface area contributed by atoms with Crippen molar-refractivity contribution in [2.75, 3.05) is 0 Å². The van der Waals surface area contributed by atoms with Crippen LogP contribution >= 0.6 is 0 Å². The van der Waals surface area contributed by atoms with E-state index in [1.54, 1.807) is 0 Å². The van der Waals surface area contributed by atoms with Crippen LogP contribution in [0.4, 0.5) is 0 Å². The first-order valence-electron chi connectivity index (χ1n) is 3.87. The van der Waals surface area contributed by atoms with Crippen molar-refractivity contribution in [3.8, 4) is 0 Å². The summed E-state index contributed by atoms with van der Waals surface area (Å²) in [5.74, 6) is 1.13. The molecule has 1 radical (unpaired) electrons. The van der Waals surface area contributed by atoms with Crippen LogP contribution in [-0.2, 0) is 32.7 Å². The summed E-state index contributed by atoms with van der Waals surface area (Å²) in [6, 6.07) is 0. The second-order valence-electron chi connectivity index (χ2n) is 2.55. The zero-order valence-electron chi connectivity index (χ0n) is 8.45. The van der Waals surface area contributed by atoms with Gasteiger partial charge in [-0.15, -0.1) is 6.54 Å². The number of hydrogen-bond acceptors (Lipinski definition) is 2. The maximum atomic E-state index is 4.24. The number of hydrogen-bond donors (Lipinski definition) is 0. The average molecular weight is 277 g/mol. The molecule has 0 saturated heterocycles. The summed E-state index contributed by atoms with van der Waals surface area (Å²) in [5.41, 5.74) is 0.895. The third kappa shape index (κ3) is 5.45. The Hall–Kier alpha value is 1.82. The van der Waals surface area contributed by atoms with Gasteiger partial charge in [0.2, 0.25) is 0 Å². The Morgan fingerprint density at radius 3 is 2.54 bits per heavy atom. The molecule has 1 aliphatic rings. The summed E-state index contributed by atoms with van der Waals surface area (Å²) in [6.07, 6.45) is 1.67. The smallest absolute Gasteiger partial charge is 0.433 e. The molecule has 0 fully saturated rings. The fourth-order valence-corrected chi connectivity index (χ4v) is 0.951. The van der Waals surface area contributed by atoms with E-state index in [2.05, 4.69) is 23.8 Å². The van der Waals surface area contributed by atoms with Gasteiger partial charge in [-0.25, -0.2) is 0 Å². The molecule has 65 valence electrons. The van der Waals surface area contributed by atoms with E-state index in [0.717, 1.165) is 24.4 Å².